The number of benzene rings is 1. The van der Waals surface area contributed by atoms with Gasteiger partial charge in [0.15, 0.2) is 5.11 Å². The van der Waals surface area contributed by atoms with Crippen molar-refractivity contribution >= 4 is 50.5 Å². The van der Waals surface area contributed by atoms with Crippen LogP contribution in [0.1, 0.15) is 47.8 Å². The van der Waals surface area contributed by atoms with Gasteiger partial charge in [-0.2, -0.15) is 0 Å². The summed E-state index contributed by atoms with van der Waals surface area (Å²) >= 11 is 10.3. The molecule has 0 spiro atoms. The van der Waals surface area contributed by atoms with Crippen molar-refractivity contribution in [1.82, 2.24) is 10.6 Å². The maximum absolute atomic E-state index is 12.3. The molecule has 0 atom stereocenters. The van der Waals surface area contributed by atoms with Gasteiger partial charge in [-0.15, -0.1) is 11.3 Å². The highest BCUT2D eigenvalue weighted by Gasteiger charge is 2.11. The van der Waals surface area contributed by atoms with Gasteiger partial charge >= 0.3 is 0 Å². The van der Waals surface area contributed by atoms with Crippen LogP contribution in [0.2, 0.25) is 0 Å². The minimum atomic E-state index is -0.246. The van der Waals surface area contributed by atoms with Crippen molar-refractivity contribution in [2.75, 3.05) is 6.61 Å². The number of thiocarbonyl (C=S) groups is 1. The summed E-state index contributed by atoms with van der Waals surface area (Å²) in [5, 5.41) is 8.04. The lowest BCUT2D eigenvalue weighted by Crippen LogP contribution is -2.38. The number of nitrogens with one attached hydrogen (secondary N) is 2. The van der Waals surface area contributed by atoms with Gasteiger partial charge in [-0.1, -0.05) is 32.3 Å². The Kier molecular flexibility index (Phi) is 9.08. The van der Waals surface area contributed by atoms with Crippen LogP contribution in [0, 0.1) is 0 Å². The van der Waals surface area contributed by atoms with E-state index in [0.717, 1.165) is 21.5 Å². The molecule has 0 radical (unpaired) electrons. The Morgan fingerprint density at radius 3 is 2.81 bits per heavy atom. The largest absolute Gasteiger partial charge is 0.492 e. The SMILES string of the molecule is CCCCCCOc1ccc(C(=O)NC(=S)NCc2cccs2)cc1Br. The van der Waals surface area contributed by atoms with Crippen LogP contribution in [0.25, 0.3) is 0 Å². The number of hydrogen-bond donors (Lipinski definition) is 2. The summed E-state index contributed by atoms with van der Waals surface area (Å²) in [6, 6.07) is 9.29. The summed E-state index contributed by atoms with van der Waals surface area (Å²) < 4.78 is 6.53. The quantitative estimate of drug-likeness (QED) is 0.399. The zero-order valence-electron chi connectivity index (χ0n) is 14.7. The first kappa shape index (κ1) is 20.9. The van der Waals surface area contributed by atoms with Gasteiger partial charge in [0.05, 0.1) is 17.6 Å². The van der Waals surface area contributed by atoms with Crippen LogP contribution >= 0.6 is 39.5 Å². The predicted octanol–water partition coefficient (Wildman–Crippen LogP) is 5.27. The summed E-state index contributed by atoms with van der Waals surface area (Å²) in [5.41, 5.74) is 0.524. The van der Waals surface area contributed by atoms with E-state index in [0.29, 0.717) is 23.8 Å². The molecule has 0 aliphatic carbocycles. The molecule has 0 unspecified atom stereocenters. The highest BCUT2D eigenvalue weighted by molar-refractivity contribution is 9.10. The smallest absolute Gasteiger partial charge is 0.257 e. The first-order chi connectivity index (χ1) is 12.6. The van der Waals surface area contributed by atoms with Crippen molar-refractivity contribution < 1.29 is 9.53 Å². The molecule has 7 heteroatoms. The van der Waals surface area contributed by atoms with Crippen molar-refractivity contribution in [2.45, 2.75) is 39.2 Å². The molecule has 0 aliphatic heterocycles. The van der Waals surface area contributed by atoms with Gasteiger partial charge in [0.25, 0.3) is 5.91 Å². The highest BCUT2D eigenvalue weighted by Crippen LogP contribution is 2.26. The maximum Gasteiger partial charge on any atom is 0.257 e. The van der Waals surface area contributed by atoms with E-state index in [1.54, 1.807) is 29.5 Å². The van der Waals surface area contributed by atoms with Crippen LogP contribution in [0.4, 0.5) is 0 Å². The predicted molar refractivity (Wildman–Crippen MR) is 115 cm³/mol. The first-order valence-electron chi connectivity index (χ1n) is 8.64. The summed E-state index contributed by atoms with van der Waals surface area (Å²) in [7, 11) is 0. The van der Waals surface area contributed by atoms with Crippen molar-refractivity contribution in [3.63, 3.8) is 0 Å². The lowest BCUT2D eigenvalue weighted by Gasteiger charge is -2.11. The van der Waals surface area contributed by atoms with Gasteiger partial charge in [0.2, 0.25) is 0 Å². The normalized spacial score (nSPS) is 10.4. The molecule has 0 fully saturated rings. The number of amides is 1. The topological polar surface area (TPSA) is 50.4 Å². The zero-order chi connectivity index (χ0) is 18.8. The minimum Gasteiger partial charge on any atom is -0.492 e. The van der Waals surface area contributed by atoms with E-state index in [-0.39, 0.29) is 5.91 Å². The average molecular weight is 455 g/mol. The second-order valence-electron chi connectivity index (χ2n) is 5.77. The number of ether oxygens (including phenoxy) is 1. The van der Waals surface area contributed by atoms with Gasteiger partial charge in [-0.3, -0.25) is 10.1 Å². The first-order valence-corrected chi connectivity index (χ1v) is 10.7. The standard InChI is InChI=1S/C19H23BrN2O2S2/c1-2-3-4-5-10-24-17-9-8-14(12-16(17)20)18(23)22-19(25)21-13-15-7-6-11-26-15/h6-9,11-12H,2-5,10,13H2,1H3,(H2,21,22,23,25). The van der Waals surface area contributed by atoms with E-state index in [2.05, 4.69) is 33.5 Å². The molecule has 1 heterocycles. The monoisotopic (exact) mass is 454 g/mol. The van der Waals surface area contributed by atoms with Gasteiger partial charge in [0, 0.05) is 10.4 Å². The maximum atomic E-state index is 12.3. The molecular formula is C19H23BrN2O2S2. The molecule has 0 saturated heterocycles. The van der Waals surface area contributed by atoms with Crippen molar-refractivity contribution in [2.24, 2.45) is 0 Å². The third-order valence-corrected chi connectivity index (χ3v) is 5.42. The van der Waals surface area contributed by atoms with Crippen molar-refractivity contribution in [1.29, 1.82) is 0 Å². The van der Waals surface area contributed by atoms with Crippen LogP contribution in [0.15, 0.2) is 40.2 Å². The zero-order valence-corrected chi connectivity index (χ0v) is 17.9. The van der Waals surface area contributed by atoms with Crippen LogP contribution in [-0.4, -0.2) is 17.6 Å². The molecule has 2 N–H and O–H groups in total. The Hall–Kier alpha value is -1.44. The van der Waals surface area contributed by atoms with Crippen LogP contribution < -0.4 is 15.4 Å². The fraction of sp³-hybridized carbons (Fsp3) is 0.368. The lowest BCUT2D eigenvalue weighted by molar-refractivity contribution is 0.0976. The summed E-state index contributed by atoms with van der Waals surface area (Å²) in [5.74, 6) is 0.500. The Labute approximate surface area is 172 Å². The van der Waals surface area contributed by atoms with Crippen LogP contribution in [0.5, 0.6) is 5.75 Å². The van der Waals surface area contributed by atoms with E-state index in [1.165, 1.54) is 19.3 Å². The molecule has 4 nitrogen and oxygen atoms in total. The molecule has 1 aromatic carbocycles. The number of rotatable bonds is 9. The Bertz CT molecular complexity index is 720. The summed E-state index contributed by atoms with van der Waals surface area (Å²) in [6.07, 6.45) is 4.64. The molecule has 0 saturated carbocycles. The molecule has 140 valence electrons. The fourth-order valence-corrected chi connectivity index (χ4v) is 3.57. The summed E-state index contributed by atoms with van der Waals surface area (Å²) in [4.78, 5) is 13.5. The molecular weight excluding hydrogens is 432 g/mol. The van der Waals surface area contributed by atoms with E-state index in [9.17, 15) is 4.79 Å². The Morgan fingerprint density at radius 1 is 1.27 bits per heavy atom. The second kappa shape index (κ2) is 11.3. The number of thiophene rings is 1. The van der Waals surface area contributed by atoms with Gasteiger partial charge < -0.3 is 10.1 Å². The summed E-state index contributed by atoms with van der Waals surface area (Å²) in [6.45, 7) is 3.47. The number of carbonyl (C=O) groups excluding carboxylic acids is 1. The third kappa shape index (κ3) is 7.05. The van der Waals surface area contributed by atoms with Crippen LogP contribution in [-0.2, 0) is 6.54 Å². The molecule has 2 rings (SSSR count). The van der Waals surface area contributed by atoms with Crippen molar-refractivity contribution in [3.05, 3.63) is 50.6 Å². The average Bonchev–Trinajstić information content (AvgIpc) is 3.14. The van der Waals surface area contributed by atoms with Gasteiger partial charge in [0.1, 0.15) is 5.75 Å². The number of unbranched alkanes of at least 4 members (excludes halogenated alkanes) is 3. The molecule has 0 bridgehead atoms. The van der Waals surface area contributed by atoms with Gasteiger partial charge in [-0.25, -0.2) is 0 Å². The molecule has 26 heavy (non-hydrogen) atoms. The van der Waals surface area contributed by atoms with Crippen LogP contribution in [0.3, 0.4) is 0 Å². The minimum absolute atomic E-state index is 0.246. The van der Waals surface area contributed by atoms with Crippen molar-refractivity contribution in [3.8, 4) is 5.75 Å². The second-order valence-corrected chi connectivity index (χ2v) is 8.07. The third-order valence-electron chi connectivity index (χ3n) is 3.68. The van der Waals surface area contributed by atoms with E-state index in [1.807, 2.05) is 17.5 Å². The van der Waals surface area contributed by atoms with E-state index in [4.69, 9.17) is 17.0 Å². The van der Waals surface area contributed by atoms with Gasteiger partial charge in [-0.05, 0) is 64.2 Å². The highest BCUT2D eigenvalue weighted by atomic mass is 79.9. The number of halogens is 1. The van der Waals surface area contributed by atoms with E-state index < -0.39 is 0 Å². The number of carbonyl (C=O) groups is 1. The Balaban J connectivity index is 1.80. The number of hydrogen-bond acceptors (Lipinski definition) is 4. The molecule has 2 aromatic rings. The Morgan fingerprint density at radius 2 is 2.12 bits per heavy atom. The van der Waals surface area contributed by atoms with E-state index >= 15 is 0 Å². The molecule has 0 aliphatic rings. The molecule has 1 aromatic heterocycles. The fourth-order valence-electron chi connectivity index (χ4n) is 2.27. The molecule has 1 amide bonds. The lowest BCUT2D eigenvalue weighted by atomic mass is 10.2.